The Morgan fingerprint density at radius 1 is 0.808 bits per heavy atom. The van der Waals surface area contributed by atoms with E-state index in [2.05, 4.69) is 0 Å². The lowest BCUT2D eigenvalue weighted by Gasteiger charge is -2.14. The minimum absolute atomic E-state index is 0.223. The Kier molecular flexibility index (Phi) is 3.53. The lowest BCUT2D eigenvalue weighted by molar-refractivity contribution is -0.0140. The second-order valence-electron chi connectivity index (χ2n) is 5.69. The fraction of sp³-hybridized carbons (Fsp3) is 0. The van der Waals surface area contributed by atoms with Gasteiger partial charge in [0.25, 0.3) is 21.9 Å². The molecule has 0 aliphatic carbocycles. The smallest absolute Gasteiger partial charge is 0.295 e. The van der Waals surface area contributed by atoms with Crippen LogP contribution in [0.3, 0.4) is 0 Å². The molecular weight excluding hydrogens is 358 g/mol. The third kappa shape index (κ3) is 2.61. The quantitative estimate of drug-likeness (QED) is 0.563. The van der Waals surface area contributed by atoms with Crippen LogP contribution in [0.5, 0.6) is 5.75 Å². The van der Waals surface area contributed by atoms with Crippen LogP contribution in [-0.4, -0.2) is 29.8 Å². The molecule has 0 unspecified atom stereocenters. The first-order chi connectivity index (χ1) is 12.3. The highest BCUT2D eigenvalue weighted by Crippen LogP contribution is 2.27. The monoisotopic (exact) mass is 369 g/mol. The van der Waals surface area contributed by atoms with E-state index in [0.717, 1.165) is 0 Å². The van der Waals surface area contributed by atoms with Gasteiger partial charge in [0, 0.05) is 0 Å². The van der Waals surface area contributed by atoms with Gasteiger partial charge in [0.15, 0.2) is 5.75 Å². The van der Waals surface area contributed by atoms with E-state index in [-0.39, 0.29) is 21.8 Å². The number of hydroxylamine groups is 2. The number of amides is 2. The number of carbonyl (C=O) groups excluding carboxylic acids is 2. The summed E-state index contributed by atoms with van der Waals surface area (Å²) in [6.07, 6.45) is 0. The molecule has 7 nitrogen and oxygen atoms in total. The van der Waals surface area contributed by atoms with Crippen LogP contribution < -0.4 is 4.84 Å². The summed E-state index contributed by atoms with van der Waals surface area (Å²) < 4.78 is 31.5. The van der Waals surface area contributed by atoms with Crippen molar-refractivity contribution in [2.75, 3.05) is 0 Å². The van der Waals surface area contributed by atoms with Crippen LogP contribution in [0.25, 0.3) is 10.8 Å². The SMILES string of the molecule is O=C1c2ccccc2C(=O)N1Oc1ccc2cc(S(=O)(=O)O)ccc2c1. The van der Waals surface area contributed by atoms with Gasteiger partial charge >= 0.3 is 0 Å². The number of hydrogen-bond donors (Lipinski definition) is 1. The van der Waals surface area contributed by atoms with Crippen molar-refractivity contribution in [3.8, 4) is 5.75 Å². The predicted octanol–water partition coefficient (Wildman–Crippen LogP) is 2.68. The Morgan fingerprint density at radius 2 is 1.38 bits per heavy atom. The first-order valence-electron chi connectivity index (χ1n) is 7.52. The third-order valence-electron chi connectivity index (χ3n) is 4.03. The van der Waals surface area contributed by atoms with Crippen molar-refractivity contribution < 1.29 is 27.4 Å². The molecule has 0 fully saturated rings. The van der Waals surface area contributed by atoms with Gasteiger partial charge < -0.3 is 4.84 Å². The molecule has 3 aromatic carbocycles. The van der Waals surface area contributed by atoms with E-state index in [9.17, 15) is 18.0 Å². The summed E-state index contributed by atoms with van der Waals surface area (Å²) in [6.45, 7) is 0. The second kappa shape index (κ2) is 5.65. The van der Waals surface area contributed by atoms with Gasteiger partial charge in [-0.25, -0.2) is 0 Å². The summed E-state index contributed by atoms with van der Waals surface area (Å²) >= 11 is 0. The Morgan fingerprint density at radius 3 is 2.00 bits per heavy atom. The van der Waals surface area contributed by atoms with Gasteiger partial charge in [-0.15, -0.1) is 0 Å². The van der Waals surface area contributed by atoms with Crippen molar-refractivity contribution in [2.45, 2.75) is 4.90 Å². The Labute approximate surface area is 148 Å². The van der Waals surface area contributed by atoms with Crippen LogP contribution in [0.2, 0.25) is 0 Å². The zero-order valence-electron chi connectivity index (χ0n) is 13.1. The van der Waals surface area contributed by atoms with Crippen molar-refractivity contribution in [3.63, 3.8) is 0 Å². The Hall–Kier alpha value is -3.23. The van der Waals surface area contributed by atoms with E-state index in [1.807, 2.05) is 0 Å². The van der Waals surface area contributed by atoms with Crippen LogP contribution in [0.4, 0.5) is 0 Å². The average molecular weight is 369 g/mol. The van der Waals surface area contributed by atoms with E-state index in [1.54, 1.807) is 36.4 Å². The standard InChI is InChI=1S/C18H11NO6S/c20-17-15-3-1-2-4-16(15)18(21)19(17)25-13-7-5-12-10-14(26(22,23)24)8-6-11(12)9-13/h1-10H,(H,22,23,24). The lowest BCUT2D eigenvalue weighted by Crippen LogP contribution is -2.33. The van der Waals surface area contributed by atoms with Gasteiger partial charge in [-0.2, -0.15) is 8.42 Å². The third-order valence-corrected chi connectivity index (χ3v) is 4.88. The van der Waals surface area contributed by atoms with Crippen LogP contribution in [0, 0.1) is 0 Å². The summed E-state index contributed by atoms with van der Waals surface area (Å²) in [6, 6.07) is 15.1. The molecule has 2 amide bonds. The van der Waals surface area contributed by atoms with Gasteiger partial charge in [-0.05, 0) is 47.2 Å². The molecule has 0 radical (unpaired) electrons. The predicted molar refractivity (Wildman–Crippen MR) is 91.3 cm³/mol. The molecule has 1 heterocycles. The van der Waals surface area contributed by atoms with Gasteiger partial charge in [0.1, 0.15) is 0 Å². The molecule has 0 aromatic heterocycles. The van der Waals surface area contributed by atoms with Gasteiger partial charge in [-0.1, -0.05) is 29.3 Å². The molecule has 0 saturated heterocycles. The number of fused-ring (bicyclic) bond motifs is 2. The highest BCUT2D eigenvalue weighted by atomic mass is 32.2. The maximum absolute atomic E-state index is 12.3. The number of benzene rings is 3. The van der Waals surface area contributed by atoms with Crippen molar-refractivity contribution in [1.82, 2.24) is 5.06 Å². The number of carbonyl (C=O) groups is 2. The molecule has 26 heavy (non-hydrogen) atoms. The van der Waals surface area contributed by atoms with Crippen LogP contribution in [0.1, 0.15) is 20.7 Å². The molecule has 130 valence electrons. The zero-order chi connectivity index (χ0) is 18.5. The number of hydrogen-bond acceptors (Lipinski definition) is 5. The molecule has 1 aliphatic rings. The largest absolute Gasteiger partial charge is 0.368 e. The maximum atomic E-state index is 12.3. The van der Waals surface area contributed by atoms with Crippen molar-refractivity contribution in [2.24, 2.45) is 0 Å². The van der Waals surface area contributed by atoms with E-state index in [4.69, 9.17) is 9.39 Å². The van der Waals surface area contributed by atoms with Crippen molar-refractivity contribution >= 4 is 32.7 Å². The molecule has 0 saturated carbocycles. The molecule has 1 N–H and O–H groups in total. The van der Waals surface area contributed by atoms with Crippen LogP contribution in [-0.2, 0) is 10.1 Å². The molecule has 0 bridgehead atoms. The molecule has 0 spiro atoms. The normalized spacial score (nSPS) is 14.0. The number of rotatable bonds is 3. The van der Waals surface area contributed by atoms with Crippen molar-refractivity contribution in [3.05, 3.63) is 71.8 Å². The topological polar surface area (TPSA) is 101 Å². The molecule has 8 heteroatoms. The number of imide groups is 1. The molecule has 4 rings (SSSR count). The zero-order valence-corrected chi connectivity index (χ0v) is 13.9. The minimum atomic E-state index is -4.30. The number of nitrogens with zero attached hydrogens (tertiary/aromatic N) is 1. The van der Waals surface area contributed by atoms with Crippen LogP contribution in [0.15, 0.2) is 65.6 Å². The first-order valence-corrected chi connectivity index (χ1v) is 8.96. The second-order valence-corrected chi connectivity index (χ2v) is 7.11. The Balaban J connectivity index is 1.66. The first kappa shape index (κ1) is 16.2. The summed E-state index contributed by atoms with van der Waals surface area (Å²) in [7, 11) is -4.30. The fourth-order valence-electron chi connectivity index (χ4n) is 2.77. The fourth-order valence-corrected chi connectivity index (χ4v) is 3.29. The highest BCUT2D eigenvalue weighted by molar-refractivity contribution is 7.85. The van der Waals surface area contributed by atoms with E-state index >= 15 is 0 Å². The van der Waals surface area contributed by atoms with Gasteiger partial charge in [0.2, 0.25) is 0 Å². The minimum Gasteiger partial charge on any atom is -0.368 e. The Bertz CT molecular complexity index is 1150. The van der Waals surface area contributed by atoms with Crippen molar-refractivity contribution in [1.29, 1.82) is 0 Å². The van der Waals surface area contributed by atoms with Gasteiger partial charge in [0.05, 0.1) is 16.0 Å². The molecular formula is C18H11NO6S. The highest BCUT2D eigenvalue weighted by Gasteiger charge is 2.37. The molecule has 1 aliphatic heterocycles. The summed E-state index contributed by atoms with van der Waals surface area (Å²) in [5, 5.41) is 1.86. The van der Waals surface area contributed by atoms with Gasteiger partial charge in [-0.3, -0.25) is 14.1 Å². The molecule has 0 atom stereocenters. The van der Waals surface area contributed by atoms with E-state index < -0.39 is 21.9 Å². The van der Waals surface area contributed by atoms with Crippen LogP contribution >= 0.6 is 0 Å². The summed E-state index contributed by atoms with van der Waals surface area (Å²) in [5.41, 5.74) is 0.548. The summed E-state index contributed by atoms with van der Waals surface area (Å²) in [4.78, 5) is 29.9. The van der Waals surface area contributed by atoms with E-state index in [0.29, 0.717) is 15.8 Å². The maximum Gasteiger partial charge on any atom is 0.295 e. The average Bonchev–Trinajstić information content (AvgIpc) is 2.86. The lowest BCUT2D eigenvalue weighted by atomic mass is 10.1. The molecule has 3 aromatic rings. The van der Waals surface area contributed by atoms with E-state index in [1.165, 1.54) is 24.3 Å². The summed E-state index contributed by atoms with van der Waals surface area (Å²) in [5.74, 6) is -0.855.